The SMILES string of the molecule is C[C@H](c1cc(Br)cc(C(F)(F)F)c1)N1CCNCC1.Cl. The number of benzene rings is 1. The van der Waals surface area contributed by atoms with E-state index in [9.17, 15) is 13.2 Å². The molecule has 20 heavy (non-hydrogen) atoms. The number of nitrogens with zero attached hydrogens (tertiary/aromatic N) is 1. The summed E-state index contributed by atoms with van der Waals surface area (Å²) in [7, 11) is 0. The van der Waals surface area contributed by atoms with E-state index in [1.54, 1.807) is 6.07 Å². The van der Waals surface area contributed by atoms with E-state index in [-0.39, 0.29) is 18.4 Å². The molecule has 1 N–H and O–H groups in total. The molecule has 2 nitrogen and oxygen atoms in total. The van der Waals surface area contributed by atoms with Crippen LogP contribution >= 0.6 is 28.3 Å². The van der Waals surface area contributed by atoms with Gasteiger partial charge in [-0.1, -0.05) is 15.9 Å². The molecule has 1 atom stereocenters. The van der Waals surface area contributed by atoms with Crippen molar-refractivity contribution in [1.29, 1.82) is 0 Å². The molecule has 1 aromatic rings. The summed E-state index contributed by atoms with van der Waals surface area (Å²) in [6.45, 7) is 5.42. The highest BCUT2D eigenvalue weighted by Gasteiger charge is 2.32. The molecule has 0 amide bonds. The summed E-state index contributed by atoms with van der Waals surface area (Å²) >= 11 is 3.17. The Balaban J connectivity index is 0.00000200. The quantitative estimate of drug-likeness (QED) is 0.847. The summed E-state index contributed by atoms with van der Waals surface area (Å²) in [5, 5.41) is 3.24. The molecule has 1 saturated heterocycles. The van der Waals surface area contributed by atoms with Gasteiger partial charge in [-0.15, -0.1) is 12.4 Å². The molecule has 1 fully saturated rings. The molecule has 1 aliphatic heterocycles. The van der Waals surface area contributed by atoms with Crippen molar-refractivity contribution in [2.75, 3.05) is 26.2 Å². The second kappa shape index (κ2) is 7.11. The normalized spacial score (nSPS) is 18.4. The first-order valence-electron chi connectivity index (χ1n) is 6.20. The minimum absolute atomic E-state index is 0. The van der Waals surface area contributed by atoms with E-state index in [1.165, 1.54) is 6.07 Å². The monoisotopic (exact) mass is 372 g/mol. The molecule has 0 bridgehead atoms. The Morgan fingerprint density at radius 2 is 1.80 bits per heavy atom. The molecular formula is C13H17BrClF3N2. The minimum Gasteiger partial charge on any atom is -0.314 e. The van der Waals surface area contributed by atoms with Gasteiger partial charge in [0.15, 0.2) is 0 Å². The number of nitrogens with one attached hydrogen (secondary N) is 1. The lowest BCUT2D eigenvalue weighted by Crippen LogP contribution is -2.44. The topological polar surface area (TPSA) is 15.3 Å². The van der Waals surface area contributed by atoms with Crippen molar-refractivity contribution in [1.82, 2.24) is 10.2 Å². The summed E-state index contributed by atoms with van der Waals surface area (Å²) in [5.74, 6) is 0. The molecule has 0 unspecified atom stereocenters. The third kappa shape index (κ3) is 4.35. The zero-order valence-electron chi connectivity index (χ0n) is 11.0. The van der Waals surface area contributed by atoms with Crippen LogP contribution in [0.25, 0.3) is 0 Å². The van der Waals surface area contributed by atoms with Crippen molar-refractivity contribution in [3.63, 3.8) is 0 Å². The highest BCUT2D eigenvalue weighted by atomic mass is 79.9. The maximum absolute atomic E-state index is 12.8. The molecule has 1 aromatic carbocycles. The maximum Gasteiger partial charge on any atom is 0.416 e. The second-order valence-corrected chi connectivity index (χ2v) is 5.65. The third-order valence-electron chi connectivity index (χ3n) is 3.43. The van der Waals surface area contributed by atoms with Gasteiger partial charge in [0.05, 0.1) is 5.56 Å². The van der Waals surface area contributed by atoms with E-state index in [0.29, 0.717) is 10.0 Å². The van der Waals surface area contributed by atoms with Gasteiger partial charge in [0.25, 0.3) is 0 Å². The van der Waals surface area contributed by atoms with E-state index >= 15 is 0 Å². The van der Waals surface area contributed by atoms with E-state index < -0.39 is 11.7 Å². The number of halogens is 5. The van der Waals surface area contributed by atoms with Crippen LogP contribution in [-0.4, -0.2) is 31.1 Å². The van der Waals surface area contributed by atoms with Gasteiger partial charge in [0.2, 0.25) is 0 Å². The zero-order valence-corrected chi connectivity index (χ0v) is 13.4. The summed E-state index contributed by atoms with van der Waals surface area (Å²) in [5.41, 5.74) is 0.0995. The van der Waals surface area contributed by atoms with Crippen LogP contribution in [0.15, 0.2) is 22.7 Å². The van der Waals surface area contributed by atoms with Crippen molar-refractivity contribution < 1.29 is 13.2 Å². The molecule has 0 spiro atoms. The van der Waals surface area contributed by atoms with E-state index in [1.807, 2.05) is 6.92 Å². The predicted octanol–water partition coefficient (Wildman–Crippen LogP) is 3.86. The molecule has 1 aliphatic rings. The lowest BCUT2D eigenvalue weighted by Gasteiger charge is -2.33. The van der Waals surface area contributed by atoms with Crippen molar-refractivity contribution in [3.05, 3.63) is 33.8 Å². The number of hydrogen-bond acceptors (Lipinski definition) is 2. The predicted molar refractivity (Wildman–Crippen MR) is 79.2 cm³/mol. The van der Waals surface area contributed by atoms with Gasteiger partial charge in [-0.05, 0) is 30.7 Å². The Bertz CT molecular complexity index is 448. The highest BCUT2D eigenvalue weighted by Crippen LogP contribution is 2.34. The Kier molecular flexibility index (Phi) is 6.31. The number of rotatable bonds is 2. The minimum atomic E-state index is -4.30. The first-order chi connectivity index (χ1) is 8.88. The Hall–Kier alpha value is -0.300. The van der Waals surface area contributed by atoms with Gasteiger partial charge in [-0.3, -0.25) is 4.90 Å². The standard InChI is InChI=1S/C13H16BrF3N2.ClH/c1-9(19-4-2-18-3-5-19)10-6-11(13(15,16)17)8-12(14)7-10;/h6-9,18H,2-5H2,1H3;1H/t9-;/m1./s1. The average Bonchev–Trinajstić information content (AvgIpc) is 2.37. The van der Waals surface area contributed by atoms with Crippen molar-refractivity contribution in [2.24, 2.45) is 0 Å². The summed E-state index contributed by atoms with van der Waals surface area (Å²) in [6.07, 6.45) is -4.30. The lowest BCUT2D eigenvalue weighted by molar-refractivity contribution is -0.137. The number of alkyl halides is 3. The van der Waals surface area contributed by atoms with Gasteiger partial charge in [-0.2, -0.15) is 13.2 Å². The molecule has 0 radical (unpaired) electrons. The second-order valence-electron chi connectivity index (χ2n) is 4.73. The van der Waals surface area contributed by atoms with Crippen molar-refractivity contribution >= 4 is 28.3 Å². The average molecular weight is 374 g/mol. The van der Waals surface area contributed by atoms with Crippen LogP contribution in [0.3, 0.4) is 0 Å². The maximum atomic E-state index is 12.8. The molecule has 0 aliphatic carbocycles. The van der Waals surface area contributed by atoms with Crippen LogP contribution in [0.1, 0.15) is 24.1 Å². The van der Waals surface area contributed by atoms with Gasteiger partial charge in [0, 0.05) is 36.7 Å². The fraction of sp³-hybridized carbons (Fsp3) is 0.538. The number of hydrogen-bond donors (Lipinski definition) is 1. The van der Waals surface area contributed by atoms with E-state index in [4.69, 9.17) is 0 Å². The van der Waals surface area contributed by atoms with Crippen LogP contribution in [0.2, 0.25) is 0 Å². The molecule has 0 saturated carbocycles. The Labute approximate surface area is 131 Å². The molecular weight excluding hydrogens is 357 g/mol. The zero-order chi connectivity index (χ0) is 14.0. The highest BCUT2D eigenvalue weighted by molar-refractivity contribution is 9.10. The lowest BCUT2D eigenvalue weighted by atomic mass is 10.0. The van der Waals surface area contributed by atoms with Gasteiger partial charge < -0.3 is 5.32 Å². The molecule has 1 heterocycles. The smallest absolute Gasteiger partial charge is 0.314 e. The fourth-order valence-electron chi connectivity index (χ4n) is 2.30. The molecule has 7 heteroatoms. The van der Waals surface area contributed by atoms with Crippen LogP contribution in [-0.2, 0) is 6.18 Å². The van der Waals surface area contributed by atoms with Gasteiger partial charge in [-0.25, -0.2) is 0 Å². The number of piperazine rings is 1. The van der Waals surface area contributed by atoms with E-state index in [2.05, 4.69) is 26.1 Å². The molecule has 0 aromatic heterocycles. The van der Waals surface area contributed by atoms with Crippen molar-refractivity contribution in [2.45, 2.75) is 19.1 Å². The first-order valence-corrected chi connectivity index (χ1v) is 6.99. The Morgan fingerprint density at radius 1 is 1.20 bits per heavy atom. The van der Waals surface area contributed by atoms with Crippen LogP contribution < -0.4 is 5.32 Å². The Morgan fingerprint density at radius 3 is 2.35 bits per heavy atom. The van der Waals surface area contributed by atoms with Gasteiger partial charge >= 0.3 is 6.18 Å². The largest absolute Gasteiger partial charge is 0.416 e. The van der Waals surface area contributed by atoms with Crippen LogP contribution in [0, 0.1) is 0 Å². The van der Waals surface area contributed by atoms with Crippen molar-refractivity contribution in [3.8, 4) is 0 Å². The molecule has 2 rings (SSSR count). The summed E-state index contributed by atoms with van der Waals surface area (Å²) in [6, 6.07) is 4.12. The summed E-state index contributed by atoms with van der Waals surface area (Å²) in [4.78, 5) is 2.19. The first kappa shape index (κ1) is 17.8. The third-order valence-corrected chi connectivity index (χ3v) is 3.89. The van der Waals surface area contributed by atoms with Crippen LogP contribution in [0.4, 0.5) is 13.2 Å². The van der Waals surface area contributed by atoms with Gasteiger partial charge in [0.1, 0.15) is 0 Å². The van der Waals surface area contributed by atoms with E-state index in [0.717, 1.165) is 32.2 Å². The fourth-order valence-corrected chi connectivity index (χ4v) is 2.81. The molecule has 114 valence electrons. The summed E-state index contributed by atoms with van der Waals surface area (Å²) < 4.78 is 38.9. The van der Waals surface area contributed by atoms with Crippen LogP contribution in [0.5, 0.6) is 0 Å².